The smallest absolute Gasteiger partial charge is 0.337 e. The topological polar surface area (TPSA) is 78.9 Å². The maximum absolute atomic E-state index is 12.5. The molecule has 146 valence electrons. The van der Waals surface area contributed by atoms with Crippen molar-refractivity contribution in [1.82, 2.24) is 14.5 Å². The molecule has 1 aromatic carbocycles. The van der Waals surface area contributed by atoms with Gasteiger partial charge in [0, 0.05) is 32.7 Å². The van der Waals surface area contributed by atoms with E-state index in [1.807, 2.05) is 0 Å². The van der Waals surface area contributed by atoms with Crippen LogP contribution in [0.5, 0.6) is 0 Å². The largest absolute Gasteiger partial charge is 0.465 e. The standard InChI is InChI=1S/C17H26ClN3O4S/c1-20-9-11-21(12-10-20)8-4-3-7-19-26(23,24)16-13-14(17(22)25-2)5-6-15(16)18/h5-6,13,19H,3-4,7-12H2,1-2H3. The Hall–Kier alpha value is -1.19. The molecule has 0 saturated carbocycles. The van der Waals surface area contributed by atoms with Gasteiger partial charge in [0.1, 0.15) is 4.90 Å². The number of nitrogens with zero attached hydrogens (tertiary/aromatic N) is 2. The lowest BCUT2D eigenvalue weighted by molar-refractivity contribution is 0.0600. The molecule has 9 heteroatoms. The number of likely N-dealkylation sites (N-methyl/N-ethyl adjacent to an activating group) is 1. The maximum Gasteiger partial charge on any atom is 0.337 e. The van der Waals surface area contributed by atoms with Gasteiger partial charge in [-0.25, -0.2) is 17.9 Å². The molecule has 1 aromatic rings. The predicted octanol–water partition coefficient (Wildman–Crippen LogP) is 1.43. The Bertz CT molecular complexity index is 719. The lowest BCUT2D eigenvalue weighted by Gasteiger charge is -2.32. The van der Waals surface area contributed by atoms with Crippen molar-refractivity contribution < 1.29 is 17.9 Å². The van der Waals surface area contributed by atoms with Crippen LogP contribution in [0.2, 0.25) is 5.02 Å². The number of ether oxygens (including phenoxy) is 1. The molecular formula is C17H26ClN3O4S. The second-order valence-corrected chi connectivity index (χ2v) is 8.53. The van der Waals surface area contributed by atoms with Crippen molar-refractivity contribution in [3.63, 3.8) is 0 Å². The molecule has 0 atom stereocenters. The van der Waals surface area contributed by atoms with Crippen LogP contribution < -0.4 is 4.72 Å². The Labute approximate surface area is 160 Å². The molecule has 2 rings (SSSR count). The van der Waals surface area contributed by atoms with E-state index < -0.39 is 16.0 Å². The first kappa shape index (κ1) is 21.1. The number of unbranched alkanes of at least 4 members (excludes halogenated alkanes) is 1. The van der Waals surface area contributed by atoms with Crippen LogP contribution in [0.1, 0.15) is 23.2 Å². The summed E-state index contributed by atoms with van der Waals surface area (Å²) < 4.78 is 32.1. The fourth-order valence-corrected chi connectivity index (χ4v) is 4.37. The van der Waals surface area contributed by atoms with Crippen LogP contribution in [0.4, 0.5) is 0 Å². The van der Waals surface area contributed by atoms with E-state index in [9.17, 15) is 13.2 Å². The molecule has 0 aromatic heterocycles. The normalized spacial score (nSPS) is 16.6. The molecule has 1 fully saturated rings. The number of sulfonamides is 1. The summed E-state index contributed by atoms with van der Waals surface area (Å²) in [6, 6.07) is 4.06. The average Bonchev–Trinajstić information content (AvgIpc) is 2.62. The second kappa shape index (κ2) is 9.66. The summed E-state index contributed by atoms with van der Waals surface area (Å²) in [7, 11) is -0.420. The van der Waals surface area contributed by atoms with Gasteiger partial charge < -0.3 is 14.5 Å². The number of carbonyl (C=O) groups is 1. The van der Waals surface area contributed by atoms with Crippen LogP contribution in [0.25, 0.3) is 0 Å². The zero-order valence-electron chi connectivity index (χ0n) is 15.2. The molecule has 1 N–H and O–H groups in total. The summed E-state index contributed by atoms with van der Waals surface area (Å²) in [6.45, 7) is 5.54. The summed E-state index contributed by atoms with van der Waals surface area (Å²) >= 11 is 6.00. The lowest BCUT2D eigenvalue weighted by Crippen LogP contribution is -2.44. The van der Waals surface area contributed by atoms with Crippen molar-refractivity contribution in [2.45, 2.75) is 17.7 Å². The summed E-state index contributed by atoms with van der Waals surface area (Å²) in [5, 5.41) is 0.0718. The monoisotopic (exact) mass is 403 g/mol. The highest BCUT2D eigenvalue weighted by molar-refractivity contribution is 7.89. The molecule has 26 heavy (non-hydrogen) atoms. The first-order valence-corrected chi connectivity index (χ1v) is 10.5. The minimum absolute atomic E-state index is 0.0718. The molecule has 0 amide bonds. The molecule has 0 unspecified atom stereocenters. The Morgan fingerprint density at radius 3 is 2.58 bits per heavy atom. The molecule has 0 aliphatic carbocycles. The Morgan fingerprint density at radius 1 is 1.23 bits per heavy atom. The molecule has 0 bridgehead atoms. The number of esters is 1. The van der Waals surface area contributed by atoms with Crippen LogP contribution in [-0.4, -0.2) is 77.6 Å². The number of hydrogen-bond acceptors (Lipinski definition) is 6. The van der Waals surface area contributed by atoms with Gasteiger partial charge in [0.25, 0.3) is 0 Å². The number of carbonyl (C=O) groups excluding carboxylic acids is 1. The number of piperazine rings is 1. The maximum atomic E-state index is 12.5. The Morgan fingerprint density at radius 2 is 1.92 bits per heavy atom. The fraction of sp³-hybridized carbons (Fsp3) is 0.588. The minimum Gasteiger partial charge on any atom is -0.465 e. The van der Waals surface area contributed by atoms with E-state index >= 15 is 0 Å². The number of halogens is 1. The van der Waals surface area contributed by atoms with Crippen molar-refractivity contribution in [1.29, 1.82) is 0 Å². The van der Waals surface area contributed by atoms with E-state index in [2.05, 4.69) is 26.3 Å². The Balaban J connectivity index is 1.84. The van der Waals surface area contributed by atoms with Crippen LogP contribution in [0.3, 0.4) is 0 Å². The lowest BCUT2D eigenvalue weighted by atomic mass is 10.2. The molecule has 0 spiro atoms. The molecule has 1 heterocycles. The van der Waals surface area contributed by atoms with Crippen molar-refractivity contribution >= 4 is 27.6 Å². The van der Waals surface area contributed by atoms with Gasteiger partial charge in [-0.3, -0.25) is 0 Å². The minimum atomic E-state index is -3.78. The van der Waals surface area contributed by atoms with Gasteiger partial charge in [-0.05, 0) is 44.6 Å². The highest BCUT2D eigenvalue weighted by Crippen LogP contribution is 2.23. The van der Waals surface area contributed by atoms with Gasteiger partial charge >= 0.3 is 5.97 Å². The summed E-state index contributed by atoms with van der Waals surface area (Å²) in [6.07, 6.45) is 1.65. The number of nitrogens with one attached hydrogen (secondary N) is 1. The summed E-state index contributed by atoms with van der Waals surface area (Å²) in [5.74, 6) is -0.606. The molecule has 1 saturated heterocycles. The predicted molar refractivity (Wildman–Crippen MR) is 101 cm³/mol. The SMILES string of the molecule is COC(=O)c1ccc(Cl)c(S(=O)(=O)NCCCCN2CCN(C)CC2)c1. The van der Waals surface area contributed by atoms with E-state index in [1.54, 1.807) is 0 Å². The average molecular weight is 404 g/mol. The van der Waals surface area contributed by atoms with Crippen molar-refractivity contribution in [2.24, 2.45) is 0 Å². The fourth-order valence-electron chi connectivity index (χ4n) is 2.77. The summed E-state index contributed by atoms with van der Waals surface area (Å²) in [5.41, 5.74) is 0.146. The van der Waals surface area contributed by atoms with Gasteiger partial charge in [-0.15, -0.1) is 0 Å². The Kier molecular flexibility index (Phi) is 7.85. The van der Waals surface area contributed by atoms with Crippen molar-refractivity contribution in [3.8, 4) is 0 Å². The van der Waals surface area contributed by atoms with Gasteiger partial charge in [-0.2, -0.15) is 0 Å². The zero-order chi connectivity index (χ0) is 19.2. The summed E-state index contributed by atoms with van der Waals surface area (Å²) in [4.78, 5) is 16.2. The van der Waals surface area contributed by atoms with Gasteiger partial charge in [-0.1, -0.05) is 11.6 Å². The molecule has 1 aliphatic heterocycles. The molecule has 7 nitrogen and oxygen atoms in total. The first-order valence-electron chi connectivity index (χ1n) is 8.62. The number of benzene rings is 1. The van der Waals surface area contributed by atoms with Gasteiger partial charge in [0.05, 0.1) is 17.7 Å². The van der Waals surface area contributed by atoms with E-state index in [0.717, 1.165) is 45.6 Å². The highest BCUT2D eigenvalue weighted by Gasteiger charge is 2.20. The molecule has 0 radical (unpaired) electrons. The number of methoxy groups -OCH3 is 1. The van der Waals surface area contributed by atoms with E-state index in [0.29, 0.717) is 6.54 Å². The van der Waals surface area contributed by atoms with Crippen LogP contribution >= 0.6 is 11.6 Å². The second-order valence-electron chi connectivity index (χ2n) is 6.39. The molecule has 1 aliphatic rings. The quantitative estimate of drug-likeness (QED) is 0.522. The first-order chi connectivity index (χ1) is 12.3. The third-order valence-electron chi connectivity index (χ3n) is 4.43. The third kappa shape index (κ3) is 5.92. The number of hydrogen-bond donors (Lipinski definition) is 1. The van der Waals surface area contributed by atoms with Crippen LogP contribution in [0, 0.1) is 0 Å². The van der Waals surface area contributed by atoms with Crippen LogP contribution in [0.15, 0.2) is 23.1 Å². The zero-order valence-corrected chi connectivity index (χ0v) is 16.8. The van der Waals surface area contributed by atoms with E-state index in [-0.39, 0.29) is 15.5 Å². The van der Waals surface area contributed by atoms with Crippen molar-refractivity contribution in [2.75, 3.05) is 53.4 Å². The molecular weight excluding hydrogens is 378 g/mol. The van der Waals surface area contributed by atoms with Crippen LogP contribution in [-0.2, 0) is 14.8 Å². The van der Waals surface area contributed by atoms with E-state index in [1.165, 1.54) is 25.3 Å². The van der Waals surface area contributed by atoms with E-state index in [4.69, 9.17) is 11.6 Å². The van der Waals surface area contributed by atoms with Gasteiger partial charge in [0.2, 0.25) is 10.0 Å². The van der Waals surface area contributed by atoms with Gasteiger partial charge in [0.15, 0.2) is 0 Å². The third-order valence-corrected chi connectivity index (χ3v) is 6.37. The highest BCUT2D eigenvalue weighted by atomic mass is 35.5. The number of rotatable bonds is 8. The van der Waals surface area contributed by atoms with Crippen molar-refractivity contribution in [3.05, 3.63) is 28.8 Å².